The van der Waals surface area contributed by atoms with Crippen molar-refractivity contribution in [3.63, 3.8) is 0 Å². The topological polar surface area (TPSA) is 35.5 Å². The normalized spacial score (nSPS) is 21.8. The number of benzene rings is 1. The van der Waals surface area contributed by atoms with E-state index < -0.39 is 0 Å². The molecule has 1 saturated carbocycles. The van der Waals surface area contributed by atoms with Gasteiger partial charge in [-0.25, -0.2) is 0 Å². The number of ether oxygens (including phenoxy) is 2. The fourth-order valence-corrected chi connectivity index (χ4v) is 2.93. The molecule has 1 fully saturated rings. The lowest BCUT2D eigenvalue weighted by atomic mass is 9.81. The Morgan fingerprint density at radius 2 is 2.05 bits per heavy atom. The molecule has 0 aliphatic heterocycles. The van der Waals surface area contributed by atoms with Crippen molar-refractivity contribution in [2.45, 2.75) is 64.4 Å². The van der Waals surface area contributed by atoms with E-state index in [-0.39, 0.29) is 12.1 Å². The zero-order valence-corrected chi connectivity index (χ0v) is 13.1. The predicted octanol–water partition coefficient (Wildman–Crippen LogP) is 4.45. The van der Waals surface area contributed by atoms with Crippen molar-refractivity contribution in [2.24, 2.45) is 0 Å². The molecule has 2 atom stereocenters. The van der Waals surface area contributed by atoms with Gasteiger partial charge < -0.3 is 9.47 Å². The van der Waals surface area contributed by atoms with Gasteiger partial charge >= 0.3 is 5.97 Å². The third-order valence-electron chi connectivity index (χ3n) is 4.03. The molecule has 2 rings (SSSR count). The molecule has 0 amide bonds. The van der Waals surface area contributed by atoms with Crippen LogP contribution in [-0.4, -0.2) is 18.7 Å². The zero-order chi connectivity index (χ0) is 15.1. The summed E-state index contributed by atoms with van der Waals surface area (Å²) in [5.41, 5.74) is 1.23. The summed E-state index contributed by atoms with van der Waals surface area (Å²) in [7, 11) is 0. The van der Waals surface area contributed by atoms with Crippen molar-refractivity contribution in [2.75, 3.05) is 6.61 Å². The molecule has 0 unspecified atom stereocenters. The van der Waals surface area contributed by atoms with Gasteiger partial charge in [0.15, 0.2) is 0 Å². The van der Waals surface area contributed by atoms with Gasteiger partial charge in [0, 0.05) is 12.3 Å². The molecular weight excluding hydrogens is 264 g/mol. The summed E-state index contributed by atoms with van der Waals surface area (Å²) in [4.78, 5) is 11.6. The standard InChI is InChI=1S/C18H26O3/c1-3-12-20-15-9-7-8-14(13-15)16-10-5-6-11-17(16)21-18(19)4-2/h7-9,13,16-17H,3-6,10-12H2,1-2H3/t16-,17+/m0/s1. The van der Waals surface area contributed by atoms with Crippen molar-refractivity contribution in [3.05, 3.63) is 29.8 Å². The Labute approximate surface area is 127 Å². The Bertz CT molecular complexity index is 456. The molecule has 0 spiro atoms. The van der Waals surface area contributed by atoms with Crippen molar-refractivity contribution in [1.29, 1.82) is 0 Å². The number of hydrogen-bond donors (Lipinski definition) is 0. The Kier molecular flexibility index (Phi) is 6.09. The van der Waals surface area contributed by atoms with E-state index in [1.54, 1.807) is 0 Å². The van der Waals surface area contributed by atoms with Crippen LogP contribution in [0.3, 0.4) is 0 Å². The van der Waals surface area contributed by atoms with E-state index in [0.29, 0.717) is 12.3 Å². The van der Waals surface area contributed by atoms with Gasteiger partial charge in [0.2, 0.25) is 0 Å². The largest absolute Gasteiger partial charge is 0.494 e. The zero-order valence-electron chi connectivity index (χ0n) is 13.1. The molecular formula is C18H26O3. The second kappa shape index (κ2) is 8.06. The first-order valence-electron chi connectivity index (χ1n) is 8.16. The average Bonchev–Trinajstić information content (AvgIpc) is 2.53. The lowest BCUT2D eigenvalue weighted by Crippen LogP contribution is -2.28. The van der Waals surface area contributed by atoms with Gasteiger partial charge in [-0.05, 0) is 43.4 Å². The lowest BCUT2D eigenvalue weighted by Gasteiger charge is -2.31. The van der Waals surface area contributed by atoms with Crippen LogP contribution < -0.4 is 4.74 Å². The number of rotatable bonds is 6. The number of esters is 1. The maximum absolute atomic E-state index is 11.6. The van der Waals surface area contributed by atoms with E-state index in [1.165, 1.54) is 12.0 Å². The quantitative estimate of drug-likeness (QED) is 0.726. The van der Waals surface area contributed by atoms with Gasteiger partial charge in [0.1, 0.15) is 11.9 Å². The van der Waals surface area contributed by atoms with Gasteiger partial charge in [-0.3, -0.25) is 4.79 Å². The maximum Gasteiger partial charge on any atom is 0.305 e. The minimum atomic E-state index is -0.0923. The fourth-order valence-electron chi connectivity index (χ4n) is 2.93. The summed E-state index contributed by atoms with van der Waals surface area (Å²) < 4.78 is 11.4. The summed E-state index contributed by atoms with van der Waals surface area (Å²) in [5.74, 6) is 1.13. The van der Waals surface area contributed by atoms with Gasteiger partial charge in [0.25, 0.3) is 0 Å². The average molecular weight is 290 g/mol. The van der Waals surface area contributed by atoms with Crippen molar-refractivity contribution >= 4 is 5.97 Å². The van der Waals surface area contributed by atoms with E-state index >= 15 is 0 Å². The molecule has 0 bridgehead atoms. The molecule has 1 aromatic rings. The first kappa shape index (κ1) is 15.9. The molecule has 1 aromatic carbocycles. The van der Waals surface area contributed by atoms with Gasteiger partial charge in [0.05, 0.1) is 6.61 Å². The summed E-state index contributed by atoms with van der Waals surface area (Å²) in [6.07, 6.45) is 5.87. The van der Waals surface area contributed by atoms with E-state index in [2.05, 4.69) is 19.1 Å². The van der Waals surface area contributed by atoms with Gasteiger partial charge in [-0.2, -0.15) is 0 Å². The van der Waals surface area contributed by atoms with Crippen LogP contribution in [0.5, 0.6) is 5.75 Å². The van der Waals surface area contributed by atoms with Gasteiger partial charge in [-0.15, -0.1) is 0 Å². The Morgan fingerprint density at radius 3 is 2.81 bits per heavy atom. The number of carbonyl (C=O) groups is 1. The molecule has 0 heterocycles. The van der Waals surface area contributed by atoms with Gasteiger partial charge in [-0.1, -0.05) is 32.4 Å². The summed E-state index contributed by atoms with van der Waals surface area (Å²) in [6.45, 7) is 4.69. The lowest BCUT2D eigenvalue weighted by molar-refractivity contribution is -0.151. The van der Waals surface area contributed by atoms with Crippen molar-refractivity contribution in [1.82, 2.24) is 0 Å². The van der Waals surface area contributed by atoms with Crippen LogP contribution in [-0.2, 0) is 9.53 Å². The van der Waals surface area contributed by atoms with Crippen LogP contribution in [0.25, 0.3) is 0 Å². The second-order valence-electron chi connectivity index (χ2n) is 5.69. The maximum atomic E-state index is 11.6. The summed E-state index contributed by atoms with van der Waals surface area (Å²) in [6, 6.07) is 8.27. The highest BCUT2D eigenvalue weighted by Crippen LogP contribution is 2.36. The smallest absolute Gasteiger partial charge is 0.305 e. The molecule has 3 nitrogen and oxygen atoms in total. The Hall–Kier alpha value is -1.51. The first-order chi connectivity index (χ1) is 10.2. The molecule has 0 aromatic heterocycles. The second-order valence-corrected chi connectivity index (χ2v) is 5.69. The third-order valence-corrected chi connectivity index (χ3v) is 4.03. The highest BCUT2D eigenvalue weighted by Gasteiger charge is 2.29. The van der Waals surface area contributed by atoms with Crippen molar-refractivity contribution < 1.29 is 14.3 Å². The molecule has 0 saturated heterocycles. The molecule has 21 heavy (non-hydrogen) atoms. The highest BCUT2D eigenvalue weighted by molar-refractivity contribution is 5.69. The first-order valence-corrected chi connectivity index (χ1v) is 8.16. The molecule has 0 radical (unpaired) electrons. The molecule has 0 N–H and O–H groups in total. The number of carbonyl (C=O) groups excluding carboxylic acids is 1. The molecule has 1 aliphatic rings. The fraction of sp³-hybridized carbons (Fsp3) is 0.611. The summed E-state index contributed by atoms with van der Waals surface area (Å²) in [5, 5.41) is 0. The van der Waals surface area contributed by atoms with Crippen LogP contribution in [0.2, 0.25) is 0 Å². The molecule has 3 heteroatoms. The molecule has 1 aliphatic carbocycles. The number of hydrogen-bond acceptors (Lipinski definition) is 3. The molecule has 116 valence electrons. The van der Waals surface area contributed by atoms with E-state index in [0.717, 1.165) is 38.0 Å². The third kappa shape index (κ3) is 4.48. The summed E-state index contributed by atoms with van der Waals surface area (Å²) >= 11 is 0. The van der Waals surface area contributed by atoms with E-state index in [4.69, 9.17) is 9.47 Å². The predicted molar refractivity (Wildman–Crippen MR) is 83.6 cm³/mol. The Morgan fingerprint density at radius 1 is 1.24 bits per heavy atom. The minimum Gasteiger partial charge on any atom is -0.494 e. The highest BCUT2D eigenvalue weighted by atomic mass is 16.5. The van der Waals surface area contributed by atoms with Crippen LogP contribution in [0.15, 0.2) is 24.3 Å². The van der Waals surface area contributed by atoms with Crippen molar-refractivity contribution in [3.8, 4) is 5.75 Å². The Balaban J connectivity index is 2.10. The minimum absolute atomic E-state index is 0.0209. The van der Waals surface area contributed by atoms with Crippen LogP contribution in [0.1, 0.15) is 63.9 Å². The SMILES string of the molecule is CCCOc1cccc([C@@H]2CCCC[C@H]2OC(=O)CC)c1. The van der Waals surface area contributed by atoms with Crippen LogP contribution in [0, 0.1) is 0 Å². The van der Waals surface area contributed by atoms with Crippen LogP contribution in [0.4, 0.5) is 0 Å². The van der Waals surface area contributed by atoms with E-state index in [9.17, 15) is 4.79 Å². The van der Waals surface area contributed by atoms with E-state index in [1.807, 2.05) is 19.1 Å². The van der Waals surface area contributed by atoms with Crippen LogP contribution >= 0.6 is 0 Å². The monoisotopic (exact) mass is 290 g/mol.